The van der Waals surface area contributed by atoms with E-state index in [2.05, 4.69) is 10.2 Å². The second kappa shape index (κ2) is 4.68. The largest absolute Gasteiger partial charge is 0.483 e. The van der Waals surface area contributed by atoms with E-state index in [-0.39, 0.29) is 0 Å². The van der Waals surface area contributed by atoms with Gasteiger partial charge in [-0.05, 0) is 38.0 Å². The minimum absolute atomic E-state index is 0.367. The van der Waals surface area contributed by atoms with Gasteiger partial charge in [0, 0.05) is 7.05 Å². The number of benzene rings is 1. The average molecular weight is 246 g/mol. The van der Waals surface area contributed by atoms with Crippen LogP contribution in [0, 0.1) is 20.8 Å². The summed E-state index contributed by atoms with van der Waals surface area (Å²) in [5.74, 6) is 2.37. The number of nitrogens with two attached hydrogens (primary N) is 1. The molecule has 0 atom stereocenters. The first-order chi connectivity index (χ1) is 8.49. The van der Waals surface area contributed by atoms with Crippen molar-refractivity contribution in [2.24, 2.45) is 7.05 Å². The molecule has 0 amide bonds. The number of aryl methyl sites for hydroxylation is 3. The van der Waals surface area contributed by atoms with Gasteiger partial charge < -0.3 is 15.0 Å². The Hall–Kier alpha value is -2.04. The van der Waals surface area contributed by atoms with Crippen LogP contribution in [0.4, 0.5) is 5.69 Å². The third-order valence-electron chi connectivity index (χ3n) is 2.98. The van der Waals surface area contributed by atoms with Crippen molar-refractivity contribution in [3.05, 3.63) is 34.9 Å². The van der Waals surface area contributed by atoms with Crippen LogP contribution in [0.15, 0.2) is 12.1 Å². The van der Waals surface area contributed by atoms with Gasteiger partial charge in [-0.25, -0.2) is 0 Å². The number of nitrogen functional groups attached to an aromatic ring is 1. The minimum Gasteiger partial charge on any atom is -0.483 e. The van der Waals surface area contributed by atoms with E-state index >= 15 is 0 Å². The Bertz CT molecular complexity index is 551. The van der Waals surface area contributed by atoms with E-state index in [4.69, 9.17) is 10.5 Å². The van der Waals surface area contributed by atoms with Crippen LogP contribution in [0.2, 0.25) is 0 Å². The molecule has 0 saturated heterocycles. The normalized spacial score (nSPS) is 10.7. The van der Waals surface area contributed by atoms with Crippen molar-refractivity contribution in [1.29, 1.82) is 0 Å². The summed E-state index contributed by atoms with van der Waals surface area (Å²) in [5, 5.41) is 8.04. The highest BCUT2D eigenvalue weighted by Crippen LogP contribution is 2.28. The van der Waals surface area contributed by atoms with Crippen LogP contribution in [-0.4, -0.2) is 14.8 Å². The fourth-order valence-corrected chi connectivity index (χ4v) is 1.90. The molecule has 0 aliphatic heterocycles. The first-order valence-corrected chi connectivity index (χ1v) is 5.83. The molecule has 0 fully saturated rings. The second-order valence-electron chi connectivity index (χ2n) is 4.51. The maximum atomic E-state index is 5.96. The van der Waals surface area contributed by atoms with Crippen LogP contribution in [0.1, 0.15) is 22.8 Å². The van der Waals surface area contributed by atoms with E-state index in [1.54, 1.807) is 0 Å². The van der Waals surface area contributed by atoms with Gasteiger partial charge in [-0.2, -0.15) is 0 Å². The Morgan fingerprint density at radius 3 is 2.50 bits per heavy atom. The first kappa shape index (κ1) is 12.4. The van der Waals surface area contributed by atoms with Gasteiger partial charge in [-0.15, -0.1) is 10.2 Å². The highest BCUT2D eigenvalue weighted by molar-refractivity contribution is 5.58. The summed E-state index contributed by atoms with van der Waals surface area (Å²) in [6, 6.07) is 3.96. The number of nitrogens with zero attached hydrogens (tertiary/aromatic N) is 3. The van der Waals surface area contributed by atoms with Crippen LogP contribution in [0.5, 0.6) is 5.75 Å². The molecular weight excluding hydrogens is 228 g/mol. The molecule has 1 aromatic carbocycles. The third-order valence-corrected chi connectivity index (χ3v) is 2.98. The molecule has 18 heavy (non-hydrogen) atoms. The maximum Gasteiger partial charge on any atom is 0.170 e. The first-order valence-electron chi connectivity index (χ1n) is 5.83. The Morgan fingerprint density at radius 2 is 1.94 bits per heavy atom. The summed E-state index contributed by atoms with van der Waals surface area (Å²) in [5.41, 5.74) is 8.79. The molecule has 0 radical (unpaired) electrons. The van der Waals surface area contributed by atoms with E-state index in [9.17, 15) is 0 Å². The van der Waals surface area contributed by atoms with E-state index < -0.39 is 0 Å². The molecule has 0 spiro atoms. The summed E-state index contributed by atoms with van der Waals surface area (Å²) in [4.78, 5) is 0. The van der Waals surface area contributed by atoms with Gasteiger partial charge in [0.25, 0.3) is 0 Å². The fraction of sp³-hybridized carbons (Fsp3) is 0.385. The van der Waals surface area contributed by atoms with Crippen LogP contribution in [0.3, 0.4) is 0 Å². The van der Waals surface area contributed by atoms with Crippen molar-refractivity contribution in [3.63, 3.8) is 0 Å². The van der Waals surface area contributed by atoms with Gasteiger partial charge in [-0.3, -0.25) is 0 Å². The number of hydrogen-bond acceptors (Lipinski definition) is 4. The predicted octanol–water partition coefficient (Wildman–Crippen LogP) is 1.90. The van der Waals surface area contributed by atoms with Crippen LogP contribution in [-0.2, 0) is 13.7 Å². The smallest absolute Gasteiger partial charge is 0.170 e. The van der Waals surface area contributed by atoms with Crippen LogP contribution in [0.25, 0.3) is 0 Å². The molecule has 1 aromatic heterocycles. The van der Waals surface area contributed by atoms with Crippen molar-refractivity contribution in [3.8, 4) is 5.75 Å². The molecule has 5 heteroatoms. The number of aromatic nitrogens is 3. The monoisotopic (exact) mass is 246 g/mol. The highest BCUT2D eigenvalue weighted by Gasteiger charge is 2.09. The van der Waals surface area contributed by atoms with Crippen LogP contribution >= 0.6 is 0 Å². The van der Waals surface area contributed by atoms with Crippen LogP contribution < -0.4 is 10.5 Å². The standard InChI is InChI=1S/C13H18N4O/c1-8-5-9(2)13(11(14)6-8)18-7-12-16-15-10(3)17(12)4/h5-6H,7,14H2,1-4H3. The van der Waals surface area contributed by atoms with E-state index in [1.165, 1.54) is 0 Å². The molecule has 5 nitrogen and oxygen atoms in total. The summed E-state index contributed by atoms with van der Waals surface area (Å²) in [6.07, 6.45) is 0. The lowest BCUT2D eigenvalue weighted by Gasteiger charge is -2.12. The Kier molecular flexibility index (Phi) is 3.23. The van der Waals surface area contributed by atoms with Gasteiger partial charge in [0.15, 0.2) is 5.82 Å². The topological polar surface area (TPSA) is 66.0 Å². The zero-order valence-corrected chi connectivity index (χ0v) is 11.2. The molecule has 0 aliphatic rings. The maximum absolute atomic E-state index is 5.96. The van der Waals surface area contributed by atoms with Crippen molar-refractivity contribution >= 4 is 5.69 Å². The lowest BCUT2D eigenvalue weighted by molar-refractivity contribution is 0.290. The molecule has 0 unspecified atom stereocenters. The molecule has 0 saturated carbocycles. The number of ether oxygens (including phenoxy) is 1. The Labute approximate surface area is 107 Å². The number of rotatable bonds is 3. The third kappa shape index (κ3) is 2.30. The van der Waals surface area contributed by atoms with E-state index in [0.29, 0.717) is 12.3 Å². The van der Waals surface area contributed by atoms with E-state index in [0.717, 1.165) is 28.5 Å². The summed E-state index contributed by atoms with van der Waals surface area (Å²) in [6.45, 7) is 6.27. The van der Waals surface area contributed by atoms with Crippen molar-refractivity contribution in [2.75, 3.05) is 5.73 Å². The summed E-state index contributed by atoms with van der Waals surface area (Å²) < 4.78 is 7.66. The lowest BCUT2D eigenvalue weighted by Crippen LogP contribution is -2.06. The summed E-state index contributed by atoms with van der Waals surface area (Å²) in [7, 11) is 1.92. The number of anilines is 1. The molecule has 0 aliphatic carbocycles. The quantitative estimate of drug-likeness (QED) is 0.840. The second-order valence-corrected chi connectivity index (χ2v) is 4.51. The summed E-state index contributed by atoms with van der Waals surface area (Å²) >= 11 is 0. The highest BCUT2D eigenvalue weighted by atomic mass is 16.5. The molecular formula is C13H18N4O. The van der Waals surface area contributed by atoms with Gasteiger partial charge in [-0.1, -0.05) is 6.07 Å². The van der Waals surface area contributed by atoms with Gasteiger partial charge in [0.1, 0.15) is 18.2 Å². The Balaban J connectivity index is 2.18. The molecule has 2 N–H and O–H groups in total. The van der Waals surface area contributed by atoms with Gasteiger partial charge in [0.05, 0.1) is 5.69 Å². The zero-order valence-electron chi connectivity index (χ0n) is 11.2. The van der Waals surface area contributed by atoms with Gasteiger partial charge >= 0.3 is 0 Å². The minimum atomic E-state index is 0.367. The molecule has 2 aromatic rings. The van der Waals surface area contributed by atoms with Crippen molar-refractivity contribution in [2.45, 2.75) is 27.4 Å². The SMILES string of the molecule is Cc1cc(C)c(OCc2nnc(C)n2C)c(N)c1. The molecule has 1 heterocycles. The van der Waals surface area contributed by atoms with E-state index in [1.807, 2.05) is 44.5 Å². The van der Waals surface area contributed by atoms with Gasteiger partial charge in [0.2, 0.25) is 0 Å². The van der Waals surface area contributed by atoms with Crippen molar-refractivity contribution < 1.29 is 4.74 Å². The average Bonchev–Trinajstić information content (AvgIpc) is 2.59. The fourth-order valence-electron chi connectivity index (χ4n) is 1.90. The Morgan fingerprint density at radius 1 is 1.22 bits per heavy atom. The molecule has 2 rings (SSSR count). The number of hydrogen-bond donors (Lipinski definition) is 1. The zero-order chi connectivity index (χ0) is 13.3. The predicted molar refractivity (Wildman–Crippen MR) is 70.4 cm³/mol. The molecule has 96 valence electrons. The lowest BCUT2D eigenvalue weighted by atomic mass is 10.1. The van der Waals surface area contributed by atoms with Crippen molar-refractivity contribution in [1.82, 2.24) is 14.8 Å². The molecule has 0 bridgehead atoms.